The first kappa shape index (κ1) is 19.6. The number of imidazole rings is 1. The largest absolute Gasteiger partial charge is 0.495 e. The quantitative estimate of drug-likeness (QED) is 0.506. The van der Waals surface area contributed by atoms with Crippen molar-refractivity contribution in [3.8, 4) is 17.0 Å². The Morgan fingerprint density at radius 2 is 1.97 bits per heavy atom. The Morgan fingerprint density at radius 3 is 2.74 bits per heavy atom. The number of ether oxygens (including phenoxy) is 2. The predicted molar refractivity (Wildman–Crippen MR) is 121 cm³/mol. The van der Waals surface area contributed by atoms with Gasteiger partial charge in [0.15, 0.2) is 0 Å². The third kappa shape index (κ3) is 3.99. The van der Waals surface area contributed by atoms with Crippen LogP contribution in [0.5, 0.6) is 5.75 Å². The van der Waals surface area contributed by atoms with E-state index in [9.17, 15) is 0 Å². The van der Waals surface area contributed by atoms with Crippen molar-refractivity contribution in [2.75, 3.05) is 43.6 Å². The second kappa shape index (κ2) is 8.41. The van der Waals surface area contributed by atoms with E-state index in [2.05, 4.69) is 32.3 Å². The van der Waals surface area contributed by atoms with Crippen LogP contribution in [0.2, 0.25) is 5.02 Å². The number of hydrogen-bond acceptors (Lipinski definition) is 7. The van der Waals surface area contributed by atoms with E-state index in [1.807, 2.05) is 22.7 Å². The first-order valence-corrected chi connectivity index (χ1v) is 10.3. The number of anilines is 3. The molecule has 1 aromatic carbocycles. The van der Waals surface area contributed by atoms with Gasteiger partial charge in [-0.05, 0) is 24.3 Å². The average molecular weight is 437 g/mol. The fraction of sp³-hybridized carbons (Fsp3) is 0.227. The molecule has 1 aliphatic heterocycles. The number of methoxy groups -OCH3 is 1. The van der Waals surface area contributed by atoms with Crippen LogP contribution < -0.4 is 15.0 Å². The number of fused-ring (bicyclic) bond motifs is 1. The summed E-state index contributed by atoms with van der Waals surface area (Å²) in [5, 5.41) is 3.83. The maximum atomic E-state index is 5.95. The molecule has 0 saturated carbocycles. The monoisotopic (exact) mass is 436 g/mol. The zero-order chi connectivity index (χ0) is 21.2. The van der Waals surface area contributed by atoms with Gasteiger partial charge < -0.3 is 19.7 Å². The van der Waals surface area contributed by atoms with Gasteiger partial charge in [0, 0.05) is 43.3 Å². The predicted octanol–water partition coefficient (Wildman–Crippen LogP) is 4.03. The number of pyridine rings is 1. The van der Waals surface area contributed by atoms with Crippen LogP contribution in [0, 0.1) is 0 Å². The highest BCUT2D eigenvalue weighted by Crippen LogP contribution is 2.34. The molecule has 5 rings (SSSR count). The van der Waals surface area contributed by atoms with Crippen LogP contribution in [0.4, 0.5) is 17.5 Å². The van der Waals surface area contributed by atoms with E-state index in [-0.39, 0.29) is 0 Å². The van der Waals surface area contributed by atoms with Gasteiger partial charge in [0.2, 0.25) is 5.95 Å². The van der Waals surface area contributed by atoms with E-state index in [0.717, 1.165) is 54.6 Å². The van der Waals surface area contributed by atoms with E-state index in [1.54, 1.807) is 31.6 Å². The summed E-state index contributed by atoms with van der Waals surface area (Å²) in [6.07, 6.45) is 5.18. The van der Waals surface area contributed by atoms with Crippen molar-refractivity contribution in [3.63, 3.8) is 0 Å². The van der Waals surface area contributed by atoms with Crippen LogP contribution in [-0.4, -0.2) is 52.8 Å². The van der Waals surface area contributed by atoms with E-state index in [1.165, 1.54) is 0 Å². The first-order chi connectivity index (χ1) is 15.2. The normalized spacial score (nSPS) is 14.1. The Morgan fingerprint density at radius 1 is 1.10 bits per heavy atom. The van der Waals surface area contributed by atoms with E-state index < -0.39 is 0 Å². The van der Waals surface area contributed by atoms with Crippen molar-refractivity contribution in [2.45, 2.75) is 0 Å². The van der Waals surface area contributed by atoms with Crippen LogP contribution in [0.25, 0.3) is 16.9 Å². The molecule has 0 spiro atoms. The molecule has 0 aliphatic carbocycles. The molecule has 8 nitrogen and oxygen atoms in total. The van der Waals surface area contributed by atoms with Gasteiger partial charge in [-0.2, -0.15) is 0 Å². The molecule has 1 saturated heterocycles. The summed E-state index contributed by atoms with van der Waals surface area (Å²) in [5.41, 5.74) is 3.55. The Bertz CT molecular complexity index is 1200. The summed E-state index contributed by atoms with van der Waals surface area (Å²) in [4.78, 5) is 15.9. The third-order valence-corrected chi connectivity index (χ3v) is 5.41. The SMILES string of the molecule is COc1cc(-c2cc3nccn3c(Nc3ccc(Cl)cn3)n2)ccc1N1CCOCC1. The number of morpholine rings is 1. The second-order valence-corrected chi connectivity index (χ2v) is 7.53. The topological polar surface area (TPSA) is 76.8 Å². The van der Waals surface area contributed by atoms with Gasteiger partial charge in [-0.25, -0.2) is 15.0 Å². The summed E-state index contributed by atoms with van der Waals surface area (Å²) in [6.45, 7) is 3.12. The molecule has 1 N–H and O–H groups in total. The zero-order valence-corrected chi connectivity index (χ0v) is 17.7. The number of nitrogens with one attached hydrogen (secondary N) is 1. The van der Waals surface area contributed by atoms with Crippen molar-refractivity contribution < 1.29 is 9.47 Å². The Kier molecular flexibility index (Phi) is 5.31. The minimum Gasteiger partial charge on any atom is -0.495 e. The summed E-state index contributed by atoms with van der Waals surface area (Å²) < 4.78 is 13.0. The third-order valence-electron chi connectivity index (χ3n) is 5.18. The Balaban J connectivity index is 1.53. The highest BCUT2D eigenvalue weighted by molar-refractivity contribution is 6.30. The highest BCUT2D eigenvalue weighted by atomic mass is 35.5. The van der Waals surface area contributed by atoms with E-state index in [4.69, 9.17) is 26.1 Å². The highest BCUT2D eigenvalue weighted by Gasteiger charge is 2.17. The van der Waals surface area contributed by atoms with Crippen molar-refractivity contribution >= 4 is 34.7 Å². The van der Waals surface area contributed by atoms with E-state index in [0.29, 0.717) is 16.8 Å². The molecular formula is C22H21ClN6O2. The summed E-state index contributed by atoms with van der Waals surface area (Å²) in [7, 11) is 1.69. The number of nitrogens with zero attached hydrogens (tertiary/aromatic N) is 5. The molecule has 0 atom stereocenters. The first-order valence-electron chi connectivity index (χ1n) is 9.95. The lowest BCUT2D eigenvalue weighted by Gasteiger charge is -2.30. The molecule has 0 amide bonds. The lowest BCUT2D eigenvalue weighted by atomic mass is 10.1. The van der Waals surface area contributed by atoms with Crippen LogP contribution in [0.1, 0.15) is 0 Å². The van der Waals surface area contributed by atoms with Crippen LogP contribution in [-0.2, 0) is 4.74 Å². The smallest absolute Gasteiger partial charge is 0.214 e. The molecule has 4 heterocycles. The summed E-state index contributed by atoms with van der Waals surface area (Å²) >= 11 is 5.95. The van der Waals surface area contributed by atoms with Crippen molar-refractivity contribution in [3.05, 3.63) is 60.0 Å². The average Bonchev–Trinajstić information content (AvgIpc) is 3.30. The molecular weight excluding hydrogens is 416 g/mol. The Labute approximate surface area is 184 Å². The van der Waals surface area contributed by atoms with Gasteiger partial charge in [-0.3, -0.25) is 4.40 Å². The number of aromatic nitrogens is 4. The molecule has 3 aromatic heterocycles. The lowest BCUT2D eigenvalue weighted by Crippen LogP contribution is -2.36. The van der Waals surface area contributed by atoms with Crippen LogP contribution in [0.3, 0.4) is 0 Å². The standard InChI is InChI=1S/C22H21ClN6O2/c1-30-19-12-15(2-4-18(19)28-8-10-31-11-9-28)17-13-21-24-6-7-29(21)22(26-17)27-20-5-3-16(23)14-25-20/h2-7,12-14H,8-11H2,1H3,(H,25,26,27). The number of benzene rings is 1. The zero-order valence-electron chi connectivity index (χ0n) is 17.0. The van der Waals surface area contributed by atoms with Gasteiger partial charge in [0.05, 0.1) is 36.7 Å². The van der Waals surface area contributed by atoms with Gasteiger partial charge in [-0.1, -0.05) is 17.7 Å². The van der Waals surface area contributed by atoms with Gasteiger partial charge in [0.1, 0.15) is 17.2 Å². The van der Waals surface area contributed by atoms with Crippen molar-refractivity contribution in [2.24, 2.45) is 0 Å². The maximum Gasteiger partial charge on any atom is 0.214 e. The molecule has 158 valence electrons. The van der Waals surface area contributed by atoms with Crippen molar-refractivity contribution in [1.82, 2.24) is 19.4 Å². The van der Waals surface area contributed by atoms with E-state index >= 15 is 0 Å². The van der Waals surface area contributed by atoms with Crippen LogP contribution in [0.15, 0.2) is 55.0 Å². The van der Waals surface area contributed by atoms with Gasteiger partial charge in [-0.15, -0.1) is 0 Å². The molecule has 4 aromatic rings. The Hall–Kier alpha value is -3.36. The van der Waals surface area contributed by atoms with Crippen molar-refractivity contribution in [1.29, 1.82) is 0 Å². The van der Waals surface area contributed by atoms with Gasteiger partial charge >= 0.3 is 0 Å². The summed E-state index contributed by atoms with van der Waals surface area (Å²) in [5.74, 6) is 2.05. The molecule has 9 heteroatoms. The fourth-order valence-electron chi connectivity index (χ4n) is 3.63. The molecule has 31 heavy (non-hydrogen) atoms. The van der Waals surface area contributed by atoms with Gasteiger partial charge in [0.25, 0.3) is 0 Å². The second-order valence-electron chi connectivity index (χ2n) is 7.09. The number of rotatable bonds is 5. The maximum absolute atomic E-state index is 5.95. The number of halogens is 1. The lowest BCUT2D eigenvalue weighted by molar-refractivity contribution is 0.122. The molecule has 0 bridgehead atoms. The molecule has 0 radical (unpaired) electrons. The molecule has 1 aliphatic rings. The minimum atomic E-state index is 0.576. The number of hydrogen-bond donors (Lipinski definition) is 1. The summed E-state index contributed by atoms with van der Waals surface area (Å²) in [6, 6.07) is 11.7. The molecule has 1 fully saturated rings. The van der Waals surface area contributed by atoms with Crippen LogP contribution >= 0.6 is 11.6 Å². The minimum absolute atomic E-state index is 0.576. The fourth-order valence-corrected chi connectivity index (χ4v) is 3.74. The molecule has 0 unspecified atom stereocenters.